The minimum atomic E-state index is -0.0877. The molecule has 0 aliphatic rings. The molecule has 0 radical (unpaired) electrons. The van der Waals surface area contributed by atoms with Crippen molar-refractivity contribution in [1.82, 2.24) is 9.55 Å². The molecule has 0 spiro atoms. The van der Waals surface area contributed by atoms with Crippen molar-refractivity contribution in [3.05, 3.63) is 97.8 Å². The van der Waals surface area contributed by atoms with Crippen LogP contribution in [-0.2, 0) is 5.75 Å². The van der Waals surface area contributed by atoms with E-state index in [1.54, 1.807) is 4.57 Å². The van der Waals surface area contributed by atoms with Gasteiger partial charge in [0.25, 0.3) is 5.56 Å². The lowest BCUT2D eigenvalue weighted by molar-refractivity contribution is 0.814. The van der Waals surface area contributed by atoms with E-state index in [9.17, 15) is 4.79 Å². The van der Waals surface area contributed by atoms with Gasteiger partial charge in [-0.3, -0.25) is 9.36 Å². The Morgan fingerprint density at radius 2 is 1.69 bits per heavy atom. The summed E-state index contributed by atoms with van der Waals surface area (Å²) in [7, 11) is 0. The predicted octanol–water partition coefficient (Wildman–Crippen LogP) is 6.60. The number of fused-ring (bicyclic) bond motifs is 1. The summed E-state index contributed by atoms with van der Waals surface area (Å²) in [6.45, 7) is 4.04. The fraction of sp³-hybridized carbons (Fsp3) is 0.130. The van der Waals surface area contributed by atoms with Gasteiger partial charge in [-0.15, -0.1) is 0 Å². The minimum Gasteiger partial charge on any atom is -0.268 e. The van der Waals surface area contributed by atoms with Gasteiger partial charge in [0.05, 0.1) is 16.6 Å². The van der Waals surface area contributed by atoms with Gasteiger partial charge in [-0.05, 0) is 55.3 Å². The number of aromatic nitrogens is 2. The molecule has 3 aromatic carbocycles. The van der Waals surface area contributed by atoms with Gasteiger partial charge in [0.15, 0.2) is 5.16 Å². The fourth-order valence-electron chi connectivity index (χ4n) is 3.28. The Bertz CT molecular complexity index is 1260. The second kappa shape index (κ2) is 8.23. The molecule has 0 unspecified atom stereocenters. The molecular weight excluding hydrogens is 423 g/mol. The van der Waals surface area contributed by atoms with Gasteiger partial charge in [-0.2, -0.15) is 0 Å². The number of benzene rings is 3. The van der Waals surface area contributed by atoms with Crippen LogP contribution in [0.15, 0.2) is 70.6 Å². The van der Waals surface area contributed by atoms with Crippen LogP contribution in [0.1, 0.15) is 16.7 Å². The highest BCUT2D eigenvalue weighted by Gasteiger charge is 2.16. The number of aryl methyl sites for hydroxylation is 2. The molecule has 4 aromatic rings. The normalized spacial score (nSPS) is 11.2. The lowest BCUT2D eigenvalue weighted by Gasteiger charge is -2.16. The molecular formula is C23H18Cl2N2OS. The molecule has 0 aliphatic heterocycles. The van der Waals surface area contributed by atoms with Crippen molar-refractivity contribution < 1.29 is 0 Å². The number of para-hydroxylation sites is 1. The third-order valence-corrected chi connectivity index (χ3v) is 6.42. The molecule has 0 aliphatic carbocycles. The van der Waals surface area contributed by atoms with E-state index in [4.69, 9.17) is 28.2 Å². The predicted molar refractivity (Wildman–Crippen MR) is 123 cm³/mol. The third-order valence-electron chi connectivity index (χ3n) is 4.75. The Kier molecular flexibility index (Phi) is 5.68. The average Bonchev–Trinajstić information content (AvgIpc) is 2.69. The monoisotopic (exact) mass is 440 g/mol. The van der Waals surface area contributed by atoms with Gasteiger partial charge in [0, 0.05) is 15.8 Å². The van der Waals surface area contributed by atoms with Crippen molar-refractivity contribution in [2.45, 2.75) is 24.8 Å². The standard InChI is InChI=1S/C23H18Cl2N2OS/c1-14-10-11-21(15(2)12-14)27-22(28)16-6-3-4-9-20(16)26-23(27)29-13-17-18(24)7-5-8-19(17)25/h3-12H,13H2,1-2H3. The van der Waals surface area contributed by atoms with Crippen molar-refractivity contribution in [2.24, 2.45) is 0 Å². The van der Waals surface area contributed by atoms with Gasteiger partial charge in [-0.1, -0.05) is 70.9 Å². The molecule has 0 saturated heterocycles. The van der Waals surface area contributed by atoms with Crippen LogP contribution in [0.3, 0.4) is 0 Å². The van der Waals surface area contributed by atoms with E-state index in [-0.39, 0.29) is 5.56 Å². The Labute approximate surface area is 183 Å². The van der Waals surface area contributed by atoms with E-state index in [1.807, 2.05) is 68.4 Å². The molecule has 3 nitrogen and oxygen atoms in total. The zero-order valence-corrected chi connectivity index (χ0v) is 18.3. The number of halogens is 2. The minimum absolute atomic E-state index is 0.0877. The maximum atomic E-state index is 13.4. The van der Waals surface area contributed by atoms with Crippen molar-refractivity contribution in [1.29, 1.82) is 0 Å². The smallest absolute Gasteiger partial charge is 0.266 e. The summed E-state index contributed by atoms with van der Waals surface area (Å²) >= 11 is 14.1. The molecule has 29 heavy (non-hydrogen) atoms. The van der Waals surface area contributed by atoms with Crippen molar-refractivity contribution >= 4 is 45.9 Å². The van der Waals surface area contributed by atoms with Gasteiger partial charge in [-0.25, -0.2) is 4.98 Å². The van der Waals surface area contributed by atoms with Crippen LogP contribution in [-0.4, -0.2) is 9.55 Å². The van der Waals surface area contributed by atoms with E-state index >= 15 is 0 Å². The first kappa shape index (κ1) is 20.0. The molecule has 146 valence electrons. The molecule has 0 saturated carbocycles. The van der Waals surface area contributed by atoms with Crippen molar-refractivity contribution in [2.75, 3.05) is 0 Å². The molecule has 4 rings (SSSR count). The van der Waals surface area contributed by atoms with Gasteiger partial charge in [0.1, 0.15) is 0 Å². The molecule has 1 heterocycles. The van der Waals surface area contributed by atoms with Crippen LogP contribution in [0.25, 0.3) is 16.6 Å². The quantitative estimate of drug-likeness (QED) is 0.264. The molecule has 0 atom stereocenters. The van der Waals surface area contributed by atoms with Crippen LogP contribution in [0.2, 0.25) is 10.0 Å². The average molecular weight is 441 g/mol. The Balaban J connectivity index is 1.89. The lowest BCUT2D eigenvalue weighted by atomic mass is 10.1. The SMILES string of the molecule is Cc1ccc(-n2c(SCc3c(Cl)cccc3Cl)nc3ccccc3c2=O)c(C)c1. The summed E-state index contributed by atoms with van der Waals surface area (Å²) in [5.74, 6) is 0.508. The van der Waals surface area contributed by atoms with Gasteiger partial charge >= 0.3 is 0 Å². The molecule has 0 bridgehead atoms. The van der Waals surface area contributed by atoms with Crippen molar-refractivity contribution in [3.63, 3.8) is 0 Å². The summed E-state index contributed by atoms with van der Waals surface area (Å²) in [4.78, 5) is 18.2. The second-order valence-electron chi connectivity index (χ2n) is 6.83. The summed E-state index contributed by atoms with van der Waals surface area (Å²) in [6.07, 6.45) is 0. The Morgan fingerprint density at radius 1 is 0.966 bits per heavy atom. The van der Waals surface area contributed by atoms with E-state index in [0.717, 1.165) is 22.4 Å². The molecule has 0 fully saturated rings. The second-order valence-corrected chi connectivity index (χ2v) is 8.59. The first-order valence-electron chi connectivity index (χ1n) is 9.11. The number of rotatable bonds is 4. The Hall–Kier alpha value is -2.27. The van der Waals surface area contributed by atoms with E-state index in [2.05, 4.69) is 6.07 Å². The number of thioether (sulfide) groups is 1. The topological polar surface area (TPSA) is 34.9 Å². The fourth-order valence-corrected chi connectivity index (χ4v) is 5.03. The van der Waals surface area contributed by atoms with Crippen LogP contribution >= 0.6 is 35.0 Å². The highest BCUT2D eigenvalue weighted by atomic mass is 35.5. The van der Waals surface area contributed by atoms with Crippen LogP contribution in [0, 0.1) is 13.8 Å². The zero-order valence-electron chi connectivity index (χ0n) is 15.9. The first-order chi connectivity index (χ1) is 14.0. The van der Waals surface area contributed by atoms with E-state index < -0.39 is 0 Å². The third kappa shape index (κ3) is 3.93. The molecule has 0 amide bonds. The first-order valence-corrected chi connectivity index (χ1v) is 10.8. The van der Waals surface area contributed by atoms with Crippen LogP contribution < -0.4 is 5.56 Å². The Morgan fingerprint density at radius 3 is 2.41 bits per heavy atom. The summed E-state index contributed by atoms with van der Waals surface area (Å²) < 4.78 is 1.69. The van der Waals surface area contributed by atoms with Crippen LogP contribution in [0.5, 0.6) is 0 Å². The number of hydrogen-bond donors (Lipinski definition) is 0. The van der Waals surface area contributed by atoms with Gasteiger partial charge < -0.3 is 0 Å². The van der Waals surface area contributed by atoms with E-state index in [0.29, 0.717) is 31.9 Å². The molecule has 1 aromatic heterocycles. The highest BCUT2D eigenvalue weighted by molar-refractivity contribution is 7.98. The highest BCUT2D eigenvalue weighted by Crippen LogP contribution is 2.32. The zero-order chi connectivity index (χ0) is 20.5. The maximum Gasteiger partial charge on any atom is 0.266 e. The summed E-state index contributed by atoms with van der Waals surface area (Å²) in [5.41, 5.74) is 4.40. The lowest BCUT2D eigenvalue weighted by Crippen LogP contribution is -2.22. The van der Waals surface area contributed by atoms with E-state index in [1.165, 1.54) is 11.8 Å². The summed E-state index contributed by atoms with van der Waals surface area (Å²) in [6, 6.07) is 18.9. The van der Waals surface area contributed by atoms with Gasteiger partial charge in [0.2, 0.25) is 0 Å². The number of nitrogens with zero attached hydrogens (tertiary/aromatic N) is 2. The van der Waals surface area contributed by atoms with Crippen molar-refractivity contribution in [3.8, 4) is 5.69 Å². The summed E-state index contributed by atoms with van der Waals surface area (Å²) in [5, 5.41) is 2.40. The largest absolute Gasteiger partial charge is 0.268 e. The van der Waals surface area contributed by atoms with Crippen LogP contribution in [0.4, 0.5) is 0 Å². The molecule has 0 N–H and O–H groups in total. The number of hydrogen-bond acceptors (Lipinski definition) is 3. The maximum absolute atomic E-state index is 13.4. The molecule has 6 heteroatoms.